The molecule has 1 heterocycles. The molecule has 2 aliphatic rings. The summed E-state index contributed by atoms with van der Waals surface area (Å²) in [5, 5.41) is 0.751. The van der Waals surface area contributed by atoms with Crippen LogP contribution in [0, 0.1) is 0 Å². The van der Waals surface area contributed by atoms with E-state index in [1.807, 2.05) is 18.2 Å². The second-order valence-electron chi connectivity index (χ2n) is 6.23. The highest BCUT2D eigenvalue weighted by molar-refractivity contribution is 6.31. The molecule has 0 bridgehead atoms. The zero-order chi connectivity index (χ0) is 14.7. The van der Waals surface area contributed by atoms with E-state index in [1.54, 1.807) is 0 Å². The Hall–Kier alpha value is -0.770. The lowest BCUT2D eigenvalue weighted by Gasteiger charge is -2.38. The standard InChI is InChI=1S/C17H24ClNO2/c18-15-4-3-5-16(14(15)6-10-19)21-13-7-11-20-17(12-13)8-1-2-9-17/h3-5,13H,1-2,6-12,19H2. The van der Waals surface area contributed by atoms with Crippen molar-refractivity contribution in [2.24, 2.45) is 5.73 Å². The van der Waals surface area contributed by atoms with Gasteiger partial charge in [-0.25, -0.2) is 0 Å². The zero-order valence-corrected chi connectivity index (χ0v) is 13.2. The van der Waals surface area contributed by atoms with Crippen LogP contribution in [-0.2, 0) is 11.2 Å². The number of nitrogens with two attached hydrogens (primary N) is 1. The van der Waals surface area contributed by atoms with Crippen molar-refractivity contribution < 1.29 is 9.47 Å². The van der Waals surface area contributed by atoms with E-state index < -0.39 is 0 Å². The van der Waals surface area contributed by atoms with Gasteiger partial charge in [-0.15, -0.1) is 0 Å². The van der Waals surface area contributed by atoms with Crippen molar-refractivity contribution in [2.75, 3.05) is 13.2 Å². The number of hydrogen-bond acceptors (Lipinski definition) is 3. The molecule has 1 aliphatic heterocycles. The van der Waals surface area contributed by atoms with Crippen LogP contribution in [-0.4, -0.2) is 24.9 Å². The van der Waals surface area contributed by atoms with Crippen molar-refractivity contribution in [3.8, 4) is 5.75 Å². The first-order valence-corrected chi connectivity index (χ1v) is 8.38. The summed E-state index contributed by atoms with van der Waals surface area (Å²) in [6, 6.07) is 5.86. The molecule has 4 heteroatoms. The normalized spacial score (nSPS) is 24.4. The predicted octanol–water partition coefficient (Wildman–Crippen LogP) is 3.71. The smallest absolute Gasteiger partial charge is 0.124 e. The molecule has 21 heavy (non-hydrogen) atoms. The summed E-state index contributed by atoms with van der Waals surface area (Å²) in [6.07, 6.45) is 7.86. The monoisotopic (exact) mass is 309 g/mol. The van der Waals surface area contributed by atoms with Crippen LogP contribution in [0.15, 0.2) is 18.2 Å². The number of hydrogen-bond donors (Lipinski definition) is 1. The summed E-state index contributed by atoms with van der Waals surface area (Å²) >= 11 is 6.29. The van der Waals surface area contributed by atoms with Gasteiger partial charge in [0.2, 0.25) is 0 Å². The fourth-order valence-corrected chi connectivity index (χ4v) is 3.93. The van der Waals surface area contributed by atoms with Gasteiger partial charge in [0.1, 0.15) is 11.9 Å². The molecule has 116 valence electrons. The van der Waals surface area contributed by atoms with E-state index in [-0.39, 0.29) is 11.7 Å². The molecular weight excluding hydrogens is 286 g/mol. The number of benzene rings is 1. The Bertz CT molecular complexity index is 486. The minimum atomic E-state index is 0.0789. The maximum absolute atomic E-state index is 6.29. The highest BCUT2D eigenvalue weighted by atomic mass is 35.5. The van der Waals surface area contributed by atoms with Gasteiger partial charge in [-0.05, 0) is 37.9 Å². The third-order valence-electron chi connectivity index (χ3n) is 4.73. The summed E-state index contributed by atoms with van der Waals surface area (Å²) in [7, 11) is 0. The van der Waals surface area contributed by atoms with Gasteiger partial charge in [0.05, 0.1) is 12.2 Å². The summed E-state index contributed by atoms with van der Waals surface area (Å²) in [6.45, 7) is 1.38. The molecule has 3 nitrogen and oxygen atoms in total. The van der Waals surface area contributed by atoms with Crippen LogP contribution >= 0.6 is 11.6 Å². The Labute approximate surface area is 131 Å². The second-order valence-corrected chi connectivity index (χ2v) is 6.63. The molecule has 1 spiro atoms. The third-order valence-corrected chi connectivity index (χ3v) is 5.08. The van der Waals surface area contributed by atoms with Crippen molar-refractivity contribution in [3.05, 3.63) is 28.8 Å². The molecule has 2 N–H and O–H groups in total. The molecule has 1 aromatic rings. The Morgan fingerprint density at radius 3 is 2.90 bits per heavy atom. The topological polar surface area (TPSA) is 44.5 Å². The van der Waals surface area contributed by atoms with Crippen LogP contribution in [0.25, 0.3) is 0 Å². The van der Waals surface area contributed by atoms with E-state index in [4.69, 9.17) is 26.8 Å². The first-order valence-electron chi connectivity index (χ1n) is 8.00. The van der Waals surface area contributed by atoms with E-state index >= 15 is 0 Å². The van der Waals surface area contributed by atoms with Gasteiger partial charge < -0.3 is 15.2 Å². The first kappa shape index (κ1) is 15.1. The Morgan fingerprint density at radius 2 is 2.14 bits per heavy atom. The van der Waals surface area contributed by atoms with Crippen LogP contribution < -0.4 is 10.5 Å². The van der Waals surface area contributed by atoms with E-state index in [0.717, 1.165) is 42.2 Å². The van der Waals surface area contributed by atoms with E-state index in [9.17, 15) is 0 Å². The number of ether oxygens (including phenoxy) is 2. The molecule has 1 saturated carbocycles. The summed E-state index contributed by atoms with van der Waals surface area (Å²) < 4.78 is 12.4. The Morgan fingerprint density at radius 1 is 1.33 bits per heavy atom. The average molecular weight is 310 g/mol. The van der Waals surface area contributed by atoms with Crippen LogP contribution in [0.5, 0.6) is 5.75 Å². The molecule has 0 amide bonds. The fraction of sp³-hybridized carbons (Fsp3) is 0.647. The average Bonchev–Trinajstić information content (AvgIpc) is 2.91. The Kier molecular flexibility index (Phi) is 4.72. The summed E-state index contributed by atoms with van der Waals surface area (Å²) in [5.41, 5.74) is 6.81. The van der Waals surface area contributed by atoms with Gasteiger partial charge in [0, 0.05) is 23.4 Å². The van der Waals surface area contributed by atoms with Gasteiger partial charge in [-0.2, -0.15) is 0 Å². The molecule has 1 aromatic carbocycles. The van der Waals surface area contributed by atoms with Crippen LogP contribution in [0.4, 0.5) is 0 Å². The van der Waals surface area contributed by atoms with Gasteiger partial charge >= 0.3 is 0 Å². The zero-order valence-electron chi connectivity index (χ0n) is 12.4. The molecule has 1 saturated heterocycles. The van der Waals surface area contributed by atoms with Crippen molar-refractivity contribution in [3.63, 3.8) is 0 Å². The van der Waals surface area contributed by atoms with Crippen molar-refractivity contribution >= 4 is 11.6 Å². The molecule has 0 radical (unpaired) electrons. The van der Waals surface area contributed by atoms with Gasteiger partial charge in [-0.3, -0.25) is 0 Å². The minimum Gasteiger partial charge on any atom is -0.490 e. The summed E-state index contributed by atoms with van der Waals surface area (Å²) in [4.78, 5) is 0. The Balaban J connectivity index is 1.72. The maximum atomic E-state index is 6.29. The van der Waals surface area contributed by atoms with Crippen LogP contribution in [0.2, 0.25) is 5.02 Å². The SMILES string of the molecule is NCCc1c(Cl)cccc1OC1CCOC2(CCCC2)C1. The van der Waals surface area contributed by atoms with E-state index in [1.165, 1.54) is 25.7 Å². The molecule has 1 unspecified atom stereocenters. The van der Waals surface area contributed by atoms with E-state index in [2.05, 4.69) is 0 Å². The van der Waals surface area contributed by atoms with Crippen molar-refractivity contribution in [1.82, 2.24) is 0 Å². The molecular formula is C17H24ClNO2. The molecule has 2 fully saturated rings. The van der Waals surface area contributed by atoms with Gasteiger partial charge in [-0.1, -0.05) is 30.5 Å². The van der Waals surface area contributed by atoms with Gasteiger partial charge in [0.15, 0.2) is 0 Å². The molecule has 1 atom stereocenters. The summed E-state index contributed by atoms with van der Waals surface area (Å²) in [5.74, 6) is 0.896. The minimum absolute atomic E-state index is 0.0789. The van der Waals surface area contributed by atoms with Crippen molar-refractivity contribution in [2.45, 2.75) is 56.7 Å². The highest BCUT2D eigenvalue weighted by Gasteiger charge is 2.40. The lowest BCUT2D eigenvalue weighted by Crippen LogP contribution is -2.41. The fourth-order valence-electron chi connectivity index (χ4n) is 3.67. The lowest BCUT2D eigenvalue weighted by atomic mass is 9.90. The van der Waals surface area contributed by atoms with Crippen LogP contribution in [0.3, 0.4) is 0 Å². The predicted molar refractivity (Wildman–Crippen MR) is 85.0 cm³/mol. The third kappa shape index (κ3) is 3.36. The molecule has 1 aliphatic carbocycles. The highest BCUT2D eigenvalue weighted by Crippen LogP contribution is 2.41. The van der Waals surface area contributed by atoms with E-state index in [0.29, 0.717) is 6.54 Å². The first-order chi connectivity index (χ1) is 10.2. The molecule has 3 rings (SSSR count). The largest absolute Gasteiger partial charge is 0.490 e. The maximum Gasteiger partial charge on any atom is 0.124 e. The van der Waals surface area contributed by atoms with Gasteiger partial charge in [0.25, 0.3) is 0 Å². The van der Waals surface area contributed by atoms with Crippen LogP contribution in [0.1, 0.15) is 44.1 Å². The quantitative estimate of drug-likeness (QED) is 0.922. The number of rotatable bonds is 4. The second kappa shape index (κ2) is 6.55. The van der Waals surface area contributed by atoms with Crippen molar-refractivity contribution in [1.29, 1.82) is 0 Å². The lowest BCUT2D eigenvalue weighted by molar-refractivity contribution is -0.108. The number of halogens is 1. The molecule has 0 aromatic heterocycles.